The smallest absolute Gasteiger partial charge is 0.240 e. The van der Waals surface area contributed by atoms with E-state index >= 15 is 0 Å². The second-order valence-corrected chi connectivity index (χ2v) is 8.90. The fraction of sp³-hybridized carbons (Fsp3) is 0.250. The number of allylic oxidation sites excluding steroid dienone is 1. The van der Waals surface area contributed by atoms with Crippen molar-refractivity contribution in [2.24, 2.45) is 16.9 Å². The molecule has 10 heteroatoms. The Bertz CT molecular complexity index is 1280. The molecular formula is C24H19Cl2N3O5. The Balaban J connectivity index is 1.58. The number of anilines is 1. The van der Waals surface area contributed by atoms with Gasteiger partial charge in [-0.05, 0) is 42.5 Å². The maximum atomic E-state index is 13.8. The fourth-order valence-electron chi connectivity index (χ4n) is 4.90. The number of benzene rings is 2. The lowest BCUT2D eigenvalue weighted by molar-refractivity contribution is -0.123. The Morgan fingerprint density at radius 2 is 1.71 bits per heavy atom. The van der Waals surface area contributed by atoms with E-state index in [-0.39, 0.29) is 16.5 Å². The van der Waals surface area contributed by atoms with Crippen LogP contribution in [0, 0.1) is 11.8 Å². The highest BCUT2D eigenvalue weighted by Crippen LogP contribution is 2.47. The first-order valence-corrected chi connectivity index (χ1v) is 11.2. The number of halogens is 2. The second kappa shape index (κ2) is 8.45. The Labute approximate surface area is 205 Å². The van der Waals surface area contributed by atoms with E-state index in [0.717, 1.165) is 4.90 Å². The molecule has 0 aromatic heterocycles. The molecule has 0 bridgehead atoms. The summed E-state index contributed by atoms with van der Waals surface area (Å²) in [5, 5.41) is 6.45. The van der Waals surface area contributed by atoms with E-state index in [1.165, 1.54) is 32.6 Å². The maximum Gasteiger partial charge on any atom is 0.240 e. The number of imide groups is 1. The van der Waals surface area contributed by atoms with Crippen LogP contribution in [0.25, 0.3) is 0 Å². The number of fused-ring (bicyclic) bond motifs is 3. The lowest BCUT2D eigenvalue weighted by Crippen LogP contribution is -2.46. The van der Waals surface area contributed by atoms with Gasteiger partial charge in [0.05, 0.1) is 42.8 Å². The summed E-state index contributed by atoms with van der Waals surface area (Å²) in [6, 6.07) is 7.80. The van der Waals surface area contributed by atoms with Gasteiger partial charge in [-0.25, -0.2) is 4.90 Å². The number of Topliss-reactive ketones (excluding diaryl/α,β-unsaturated/α-hetero) is 1. The van der Waals surface area contributed by atoms with Crippen molar-refractivity contribution in [1.29, 1.82) is 0 Å². The molecular weight excluding hydrogens is 481 g/mol. The molecule has 34 heavy (non-hydrogen) atoms. The van der Waals surface area contributed by atoms with E-state index in [0.29, 0.717) is 22.1 Å². The van der Waals surface area contributed by atoms with E-state index in [1.54, 1.807) is 41.4 Å². The predicted octanol–water partition coefficient (Wildman–Crippen LogP) is 3.61. The number of carbonyl (C=O) groups excluding carboxylic acids is 3. The van der Waals surface area contributed by atoms with Gasteiger partial charge < -0.3 is 9.47 Å². The van der Waals surface area contributed by atoms with Crippen LogP contribution in [0.4, 0.5) is 5.69 Å². The standard InChI is InChI=1S/C24H19Cl2N3O5/c1-33-17-8-5-12(10-18(17)34-2)22(30)21-20-19(16-4-3-9-27-29(16)21)23(31)28(24(20)32)15-7-6-13(25)11-14(15)26/h3-11,16,19-21H,1-2H3/t16-,19-,20-,21+/m1/s1. The van der Waals surface area contributed by atoms with Crippen molar-refractivity contribution in [2.45, 2.75) is 12.1 Å². The summed E-state index contributed by atoms with van der Waals surface area (Å²) in [5.74, 6) is -2.17. The van der Waals surface area contributed by atoms with Crippen molar-refractivity contribution in [1.82, 2.24) is 5.01 Å². The van der Waals surface area contributed by atoms with Gasteiger partial charge in [0.25, 0.3) is 0 Å². The van der Waals surface area contributed by atoms with Gasteiger partial charge in [0, 0.05) is 16.8 Å². The van der Waals surface area contributed by atoms with Crippen molar-refractivity contribution in [2.75, 3.05) is 19.1 Å². The van der Waals surface area contributed by atoms with Crippen molar-refractivity contribution in [3.8, 4) is 11.5 Å². The van der Waals surface area contributed by atoms with Gasteiger partial charge in [0.2, 0.25) is 11.8 Å². The summed E-state index contributed by atoms with van der Waals surface area (Å²) in [4.78, 5) is 42.0. The van der Waals surface area contributed by atoms with Crippen LogP contribution in [-0.2, 0) is 9.59 Å². The second-order valence-electron chi connectivity index (χ2n) is 8.06. The fourth-order valence-corrected chi connectivity index (χ4v) is 5.39. The Morgan fingerprint density at radius 3 is 2.41 bits per heavy atom. The van der Waals surface area contributed by atoms with Crippen molar-refractivity contribution < 1.29 is 23.9 Å². The van der Waals surface area contributed by atoms with E-state index in [9.17, 15) is 14.4 Å². The molecule has 5 rings (SSSR count). The first-order valence-electron chi connectivity index (χ1n) is 10.5. The number of nitrogens with zero attached hydrogens (tertiary/aromatic N) is 3. The molecule has 2 amide bonds. The van der Waals surface area contributed by atoms with E-state index in [1.807, 2.05) is 0 Å². The van der Waals surface area contributed by atoms with Gasteiger partial charge in [-0.2, -0.15) is 5.10 Å². The van der Waals surface area contributed by atoms with Crippen LogP contribution in [-0.4, -0.2) is 55.1 Å². The van der Waals surface area contributed by atoms with E-state index < -0.39 is 35.7 Å². The minimum absolute atomic E-state index is 0.172. The number of methoxy groups -OCH3 is 2. The lowest BCUT2D eigenvalue weighted by atomic mass is 9.86. The van der Waals surface area contributed by atoms with E-state index in [2.05, 4.69) is 5.10 Å². The lowest BCUT2D eigenvalue weighted by Gasteiger charge is -2.30. The Kier molecular flexibility index (Phi) is 5.58. The Hall–Kier alpha value is -3.36. The highest BCUT2D eigenvalue weighted by Gasteiger charge is 2.64. The Morgan fingerprint density at radius 1 is 0.971 bits per heavy atom. The number of hydrogen-bond acceptors (Lipinski definition) is 7. The molecule has 4 atom stereocenters. The van der Waals surface area contributed by atoms with Gasteiger partial charge in [-0.3, -0.25) is 19.4 Å². The molecule has 2 saturated heterocycles. The normalized spacial score (nSPS) is 24.9. The van der Waals surface area contributed by atoms with Crippen molar-refractivity contribution in [3.63, 3.8) is 0 Å². The average Bonchev–Trinajstić information content (AvgIpc) is 3.31. The highest BCUT2D eigenvalue weighted by molar-refractivity contribution is 6.38. The third kappa shape index (κ3) is 3.28. The molecule has 0 spiro atoms. The summed E-state index contributed by atoms with van der Waals surface area (Å²) in [6.07, 6.45) is 5.02. The largest absolute Gasteiger partial charge is 0.493 e. The molecule has 174 valence electrons. The van der Waals surface area contributed by atoms with Crippen LogP contribution in [0.5, 0.6) is 11.5 Å². The van der Waals surface area contributed by atoms with Gasteiger partial charge in [0.15, 0.2) is 17.3 Å². The summed E-state index contributed by atoms with van der Waals surface area (Å²) in [5.41, 5.74) is 0.553. The summed E-state index contributed by atoms with van der Waals surface area (Å²) in [7, 11) is 2.97. The zero-order chi connectivity index (χ0) is 24.1. The number of ether oxygens (including phenoxy) is 2. The summed E-state index contributed by atoms with van der Waals surface area (Å²) >= 11 is 12.3. The van der Waals surface area contributed by atoms with Crippen LogP contribution in [0.3, 0.4) is 0 Å². The number of hydrogen-bond donors (Lipinski definition) is 0. The average molecular weight is 500 g/mol. The maximum absolute atomic E-state index is 13.8. The molecule has 8 nitrogen and oxygen atoms in total. The number of rotatable bonds is 5. The molecule has 0 saturated carbocycles. The molecule has 0 unspecified atom stereocenters. The molecule has 0 radical (unpaired) electrons. The van der Waals surface area contributed by atoms with Crippen molar-refractivity contribution >= 4 is 52.7 Å². The molecule has 2 aromatic rings. The molecule has 3 aliphatic heterocycles. The highest BCUT2D eigenvalue weighted by atomic mass is 35.5. The predicted molar refractivity (Wildman–Crippen MR) is 127 cm³/mol. The summed E-state index contributed by atoms with van der Waals surface area (Å²) < 4.78 is 10.6. The minimum atomic E-state index is -0.984. The third-order valence-corrected chi connectivity index (χ3v) is 6.92. The number of ketones is 1. The quantitative estimate of drug-likeness (QED) is 0.461. The van der Waals surface area contributed by atoms with Crippen molar-refractivity contribution in [3.05, 3.63) is 64.2 Å². The number of hydrazone groups is 1. The van der Waals surface area contributed by atoms with Crippen LogP contribution >= 0.6 is 23.2 Å². The zero-order valence-electron chi connectivity index (χ0n) is 18.1. The van der Waals surface area contributed by atoms with Crippen LogP contribution in [0.15, 0.2) is 53.7 Å². The van der Waals surface area contributed by atoms with Gasteiger partial charge in [-0.1, -0.05) is 29.3 Å². The number of amides is 2. The topological polar surface area (TPSA) is 88.5 Å². The molecule has 3 aliphatic rings. The minimum Gasteiger partial charge on any atom is -0.493 e. The molecule has 2 aromatic carbocycles. The first kappa shape index (κ1) is 22.4. The monoisotopic (exact) mass is 499 g/mol. The SMILES string of the molecule is COc1ccc(C(=O)[C@@H]2[C@@H]3C(=O)N(c4ccc(Cl)cc4Cl)C(=O)[C@@H]3[C@H]3C=CC=NN32)cc1OC. The molecule has 2 fully saturated rings. The van der Waals surface area contributed by atoms with Crippen LogP contribution in [0.2, 0.25) is 10.0 Å². The first-order chi connectivity index (χ1) is 16.4. The van der Waals surface area contributed by atoms with Gasteiger partial charge >= 0.3 is 0 Å². The van der Waals surface area contributed by atoms with Gasteiger partial charge in [-0.15, -0.1) is 0 Å². The molecule has 0 aliphatic carbocycles. The van der Waals surface area contributed by atoms with Crippen LogP contribution in [0.1, 0.15) is 10.4 Å². The third-order valence-electron chi connectivity index (χ3n) is 6.38. The summed E-state index contributed by atoms with van der Waals surface area (Å²) in [6.45, 7) is 0. The van der Waals surface area contributed by atoms with Crippen LogP contribution < -0.4 is 14.4 Å². The molecule has 3 heterocycles. The number of carbonyl (C=O) groups is 3. The van der Waals surface area contributed by atoms with E-state index in [4.69, 9.17) is 32.7 Å². The van der Waals surface area contributed by atoms with Gasteiger partial charge in [0.1, 0.15) is 6.04 Å². The molecule has 0 N–H and O–H groups in total. The zero-order valence-corrected chi connectivity index (χ0v) is 19.7.